The van der Waals surface area contributed by atoms with Crippen molar-refractivity contribution in [1.82, 2.24) is 4.57 Å². The van der Waals surface area contributed by atoms with E-state index < -0.39 is 0 Å². The molecule has 0 saturated heterocycles. The van der Waals surface area contributed by atoms with E-state index in [0.717, 1.165) is 0 Å². The number of nitrogens with one attached hydrogen (secondary N) is 1. The number of hydrogen-bond acceptors (Lipinski definition) is 1. The molecule has 0 atom stereocenters. The number of rotatable bonds is 2. The quantitative estimate of drug-likeness (QED) is 0.621. The van der Waals surface area contributed by atoms with Gasteiger partial charge in [0, 0.05) is 25.2 Å². The summed E-state index contributed by atoms with van der Waals surface area (Å²) in [6.45, 7) is 2.06. The molecule has 1 N–H and O–H groups in total. The molecule has 58 valence electrons. The van der Waals surface area contributed by atoms with Crippen molar-refractivity contribution < 1.29 is 0 Å². The van der Waals surface area contributed by atoms with Gasteiger partial charge >= 0.3 is 0 Å². The van der Waals surface area contributed by atoms with Crippen molar-refractivity contribution in [3.63, 3.8) is 0 Å². The average Bonchev–Trinajstić information content (AvgIpc) is 2.31. The third-order valence-corrected chi connectivity index (χ3v) is 1.80. The molecule has 0 aliphatic heterocycles. The first-order chi connectivity index (χ1) is 5.25. The lowest BCUT2D eigenvalue weighted by molar-refractivity contribution is 0.881. The fraction of sp³-hybridized carbons (Fsp3) is 0.222. The molecule has 11 heavy (non-hydrogen) atoms. The zero-order valence-corrected chi connectivity index (χ0v) is 6.83. The molecule has 1 aromatic rings. The van der Waals surface area contributed by atoms with Crippen molar-refractivity contribution in [2.24, 2.45) is 7.05 Å². The fourth-order valence-corrected chi connectivity index (χ4v) is 0.956. The van der Waals surface area contributed by atoms with Crippen molar-refractivity contribution in [2.75, 3.05) is 0 Å². The SMILES string of the molecule is Cc1c(/C=C\C=N)ccn1C. The molecular formula is C9H12N2. The molecule has 1 rings (SSSR count). The van der Waals surface area contributed by atoms with Crippen LogP contribution < -0.4 is 0 Å². The average molecular weight is 148 g/mol. The smallest absolute Gasteiger partial charge is 0.0213 e. The van der Waals surface area contributed by atoms with E-state index in [1.54, 1.807) is 6.08 Å². The van der Waals surface area contributed by atoms with Crippen molar-refractivity contribution in [3.8, 4) is 0 Å². The number of hydrogen-bond donors (Lipinski definition) is 1. The molecule has 2 heteroatoms. The van der Waals surface area contributed by atoms with Crippen LogP contribution in [0.3, 0.4) is 0 Å². The molecule has 0 radical (unpaired) electrons. The summed E-state index contributed by atoms with van der Waals surface area (Å²) in [7, 11) is 2.01. The molecule has 0 aromatic carbocycles. The Morgan fingerprint density at radius 1 is 1.55 bits per heavy atom. The third-order valence-electron chi connectivity index (χ3n) is 1.80. The predicted octanol–water partition coefficient (Wildman–Crippen LogP) is 2.00. The highest BCUT2D eigenvalue weighted by Gasteiger charge is 1.95. The van der Waals surface area contributed by atoms with Gasteiger partial charge in [-0.2, -0.15) is 0 Å². The van der Waals surface area contributed by atoms with Crippen LogP contribution in [-0.2, 0) is 7.05 Å². The molecule has 0 bridgehead atoms. The van der Waals surface area contributed by atoms with Crippen LogP contribution in [0.5, 0.6) is 0 Å². The van der Waals surface area contributed by atoms with Gasteiger partial charge in [0.15, 0.2) is 0 Å². The van der Waals surface area contributed by atoms with Crippen LogP contribution in [-0.4, -0.2) is 10.8 Å². The molecule has 0 fully saturated rings. The number of aromatic nitrogens is 1. The highest BCUT2D eigenvalue weighted by atomic mass is 14.9. The summed E-state index contributed by atoms with van der Waals surface area (Å²) in [6, 6.07) is 2.04. The lowest BCUT2D eigenvalue weighted by atomic mass is 10.2. The summed E-state index contributed by atoms with van der Waals surface area (Å²) in [5.41, 5.74) is 2.40. The van der Waals surface area contributed by atoms with Gasteiger partial charge in [0.1, 0.15) is 0 Å². The minimum Gasteiger partial charge on any atom is -0.354 e. The van der Waals surface area contributed by atoms with Crippen molar-refractivity contribution in [2.45, 2.75) is 6.92 Å². The van der Waals surface area contributed by atoms with Gasteiger partial charge in [0.25, 0.3) is 0 Å². The van der Waals surface area contributed by atoms with Crippen LogP contribution >= 0.6 is 0 Å². The lowest BCUT2D eigenvalue weighted by Gasteiger charge is -1.94. The summed E-state index contributed by atoms with van der Waals surface area (Å²) in [4.78, 5) is 0. The van der Waals surface area contributed by atoms with Gasteiger partial charge in [0.05, 0.1) is 0 Å². The molecular weight excluding hydrogens is 136 g/mol. The molecule has 0 amide bonds. The summed E-state index contributed by atoms with van der Waals surface area (Å²) in [5, 5.41) is 6.81. The normalized spacial score (nSPS) is 10.7. The number of allylic oxidation sites excluding steroid dienone is 1. The minimum absolute atomic E-state index is 1.18. The van der Waals surface area contributed by atoms with E-state index >= 15 is 0 Å². The van der Waals surface area contributed by atoms with E-state index in [1.807, 2.05) is 25.4 Å². The van der Waals surface area contributed by atoms with Crippen molar-refractivity contribution in [3.05, 3.63) is 29.6 Å². The predicted molar refractivity (Wildman–Crippen MR) is 48.0 cm³/mol. The van der Waals surface area contributed by atoms with Gasteiger partial charge in [-0.15, -0.1) is 0 Å². The molecule has 1 heterocycles. The monoisotopic (exact) mass is 148 g/mol. The van der Waals surface area contributed by atoms with E-state index in [9.17, 15) is 0 Å². The van der Waals surface area contributed by atoms with Crippen LogP contribution in [0.25, 0.3) is 6.08 Å². The Morgan fingerprint density at radius 3 is 2.73 bits per heavy atom. The van der Waals surface area contributed by atoms with Gasteiger partial charge in [-0.05, 0) is 24.6 Å². The van der Waals surface area contributed by atoms with Gasteiger partial charge in [-0.3, -0.25) is 0 Å². The molecule has 0 aliphatic carbocycles. The Labute approximate surface area is 66.7 Å². The third kappa shape index (κ3) is 1.58. The standard InChI is InChI=1S/C9H12N2/c1-8-9(4-3-6-10)5-7-11(8)2/h3-7,10H,1-2H3/b4-3-,10-6?. The van der Waals surface area contributed by atoms with E-state index in [0.29, 0.717) is 0 Å². The van der Waals surface area contributed by atoms with Crippen LogP contribution in [0.15, 0.2) is 18.3 Å². The maximum absolute atomic E-state index is 6.81. The Balaban J connectivity index is 2.95. The van der Waals surface area contributed by atoms with E-state index in [-0.39, 0.29) is 0 Å². The fourth-order valence-electron chi connectivity index (χ4n) is 0.956. The Hall–Kier alpha value is -1.31. The lowest BCUT2D eigenvalue weighted by Crippen LogP contribution is -1.87. The van der Waals surface area contributed by atoms with Crippen LogP contribution in [0.1, 0.15) is 11.3 Å². The van der Waals surface area contributed by atoms with Gasteiger partial charge in [-0.25, -0.2) is 0 Å². The summed E-state index contributed by atoms with van der Waals surface area (Å²) in [6.07, 6.45) is 6.95. The Morgan fingerprint density at radius 2 is 2.27 bits per heavy atom. The highest BCUT2D eigenvalue weighted by Crippen LogP contribution is 2.09. The zero-order valence-electron chi connectivity index (χ0n) is 6.83. The summed E-state index contributed by atoms with van der Waals surface area (Å²) in [5.74, 6) is 0. The van der Waals surface area contributed by atoms with Crippen LogP contribution in [0.2, 0.25) is 0 Å². The molecule has 0 spiro atoms. The van der Waals surface area contributed by atoms with E-state index in [4.69, 9.17) is 5.41 Å². The van der Waals surface area contributed by atoms with Crippen molar-refractivity contribution >= 4 is 12.3 Å². The van der Waals surface area contributed by atoms with E-state index in [1.165, 1.54) is 17.5 Å². The maximum atomic E-state index is 6.81. The Bertz CT molecular complexity index is 282. The van der Waals surface area contributed by atoms with Gasteiger partial charge < -0.3 is 9.98 Å². The second-order valence-electron chi connectivity index (χ2n) is 2.49. The Kier molecular flexibility index (Phi) is 2.26. The second kappa shape index (κ2) is 3.19. The number of nitrogens with zero attached hydrogens (tertiary/aromatic N) is 1. The number of aryl methyl sites for hydroxylation is 1. The largest absolute Gasteiger partial charge is 0.354 e. The van der Waals surface area contributed by atoms with Crippen LogP contribution in [0.4, 0.5) is 0 Å². The van der Waals surface area contributed by atoms with Gasteiger partial charge in [0.2, 0.25) is 0 Å². The molecule has 0 aliphatic rings. The first kappa shape index (κ1) is 7.79. The maximum Gasteiger partial charge on any atom is 0.0213 e. The summed E-state index contributed by atoms with van der Waals surface area (Å²) >= 11 is 0. The topological polar surface area (TPSA) is 28.8 Å². The first-order valence-electron chi connectivity index (χ1n) is 3.55. The zero-order chi connectivity index (χ0) is 8.27. The minimum atomic E-state index is 1.18. The van der Waals surface area contributed by atoms with E-state index in [2.05, 4.69) is 11.5 Å². The highest BCUT2D eigenvalue weighted by molar-refractivity contribution is 5.76. The van der Waals surface area contributed by atoms with Gasteiger partial charge in [-0.1, -0.05) is 6.08 Å². The molecule has 0 saturated carbocycles. The molecule has 0 unspecified atom stereocenters. The first-order valence-corrected chi connectivity index (χ1v) is 3.55. The van der Waals surface area contributed by atoms with Crippen molar-refractivity contribution in [1.29, 1.82) is 5.41 Å². The summed E-state index contributed by atoms with van der Waals surface area (Å²) < 4.78 is 2.06. The van der Waals surface area contributed by atoms with Crippen LogP contribution in [0, 0.1) is 12.3 Å². The molecule has 1 aromatic heterocycles. The second-order valence-corrected chi connectivity index (χ2v) is 2.49. The molecule has 2 nitrogen and oxygen atoms in total.